The number of carbonyl (C=O) groups excluding carboxylic acids is 2. The molecule has 0 radical (unpaired) electrons. The predicted octanol–water partition coefficient (Wildman–Crippen LogP) is 4.29. The molecule has 28 heavy (non-hydrogen) atoms. The maximum atomic E-state index is 12.1. The van der Waals surface area contributed by atoms with Crippen molar-refractivity contribution in [1.29, 1.82) is 0 Å². The maximum Gasteiger partial charge on any atom is 0.343 e. The van der Waals surface area contributed by atoms with Gasteiger partial charge in [-0.1, -0.05) is 19.1 Å². The average molecular weight is 391 g/mol. The molecule has 1 rings (SSSR count). The smallest absolute Gasteiger partial charge is 0.343 e. The second kappa shape index (κ2) is 13.4. The SMILES string of the molecule is CCC/C(O)=C(\C=Nc1ccccc1OCCCC(=O)OCC)C(=O)OCC. The molecule has 0 heterocycles. The highest BCUT2D eigenvalue weighted by Crippen LogP contribution is 2.27. The first-order valence-electron chi connectivity index (χ1n) is 9.54. The molecule has 0 spiro atoms. The number of rotatable bonds is 12. The number of para-hydroxylation sites is 2. The largest absolute Gasteiger partial charge is 0.511 e. The van der Waals surface area contributed by atoms with E-state index in [9.17, 15) is 14.7 Å². The van der Waals surface area contributed by atoms with Crippen LogP contribution in [0.4, 0.5) is 5.69 Å². The Labute approximate surface area is 166 Å². The molecule has 0 fully saturated rings. The average Bonchev–Trinajstić information content (AvgIpc) is 2.67. The Balaban J connectivity index is 2.85. The molecule has 0 aliphatic heterocycles. The molecule has 7 nitrogen and oxygen atoms in total. The Kier molecular flexibility index (Phi) is 11.1. The molecular weight excluding hydrogens is 362 g/mol. The van der Waals surface area contributed by atoms with Crippen LogP contribution < -0.4 is 4.74 Å². The number of aliphatic hydroxyl groups is 1. The fourth-order valence-corrected chi connectivity index (χ4v) is 2.28. The fourth-order valence-electron chi connectivity index (χ4n) is 2.28. The van der Waals surface area contributed by atoms with Gasteiger partial charge >= 0.3 is 11.9 Å². The van der Waals surface area contributed by atoms with Crippen molar-refractivity contribution in [2.24, 2.45) is 4.99 Å². The van der Waals surface area contributed by atoms with Crippen LogP contribution in [0, 0.1) is 0 Å². The first-order chi connectivity index (χ1) is 13.5. The first kappa shape index (κ1) is 23.2. The van der Waals surface area contributed by atoms with Crippen LogP contribution in [-0.4, -0.2) is 43.1 Å². The number of hydrogen-bond acceptors (Lipinski definition) is 7. The van der Waals surface area contributed by atoms with Gasteiger partial charge in [0.25, 0.3) is 0 Å². The normalized spacial score (nSPS) is 11.8. The third-order valence-corrected chi connectivity index (χ3v) is 3.58. The number of benzene rings is 1. The number of carbonyl (C=O) groups is 2. The third kappa shape index (κ3) is 8.24. The fraction of sp³-hybridized carbons (Fsp3) is 0.476. The molecule has 0 saturated carbocycles. The highest BCUT2D eigenvalue weighted by molar-refractivity contribution is 6.10. The van der Waals surface area contributed by atoms with Crippen LogP contribution in [0.5, 0.6) is 5.75 Å². The summed E-state index contributed by atoms with van der Waals surface area (Å²) in [4.78, 5) is 27.7. The van der Waals surface area contributed by atoms with Crippen LogP contribution in [0.2, 0.25) is 0 Å². The molecule has 0 aromatic heterocycles. The number of nitrogens with zero attached hydrogens (tertiary/aromatic N) is 1. The van der Waals surface area contributed by atoms with E-state index >= 15 is 0 Å². The number of hydrogen-bond donors (Lipinski definition) is 1. The van der Waals surface area contributed by atoms with Crippen molar-refractivity contribution >= 4 is 23.8 Å². The zero-order valence-corrected chi connectivity index (χ0v) is 16.8. The zero-order chi connectivity index (χ0) is 20.8. The zero-order valence-electron chi connectivity index (χ0n) is 16.8. The Hall–Kier alpha value is -2.83. The Morgan fingerprint density at radius 2 is 1.79 bits per heavy atom. The van der Waals surface area contributed by atoms with Crippen molar-refractivity contribution in [2.75, 3.05) is 19.8 Å². The second-order valence-electron chi connectivity index (χ2n) is 5.81. The summed E-state index contributed by atoms with van der Waals surface area (Å²) in [5.41, 5.74) is 0.533. The van der Waals surface area contributed by atoms with E-state index in [0.29, 0.717) is 43.9 Å². The van der Waals surface area contributed by atoms with E-state index in [4.69, 9.17) is 14.2 Å². The van der Waals surface area contributed by atoms with Gasteiger partial charge in [-0.05, 0) is 38.8 Å². The van der Waals surface area contributed by atoms with E-state index in [0.717, 1.165) is 0 Å². The number of allylic oxidation sites excluding steroid dienone is 1. The van der Waals surface area contributed by atoms with Crippen LogP contribution >= 0.6 is 0 Å². The minimum absolute atomic E-state index is 0.0285. The lowest BCUT2D eigenvalue weighted by Gasteiger charge is -2.09. The molecule has 1 aromatic carbocycles. The summed E-state index contributed by atoms with van der Waals surface area (Å²) >= 11 is 0. The molecule has 7 heteroatoms. The molecule has 0 unspecified atom stereocenters. The molecule has 1 aromatic rings. The van der Waals surface area contributed by atoms with Gasteiger partial charge in [0.1, 0.15) is 22.8 Å². The summed E-state index contributed by atoms with van der Waals surface area (Å²) in [5, 5.41) is 10.1. The van der Waals surface area contributed by atoms with E-state index in [1.165, 1.54) is 6.21 Å². The standard InChI is InChI=1S/C21H29NO6/c1-4-10-18(23)16(21(25)27-6-3)15-22-17-11-7-8-12-19(17)28-14-9-13-20(24)26-5-2/h7-8,11-12,15,23H,4-6,9-10,13-14H2,1-3H3/b18-16-,22-15?. The minimum Gasteiger partial charge on any atom is -0.511 e. The van der Waals surface area contributed by atoms with Crippen LogP contribution in [0.3, 0.4) is 0 Å². The van der Waals surface area contributed by atoms with Crippen LogP contribution in [0.15, 0.2) is 40.6 Å². The molecule has 0 saturated heterocycles. The molecule has 1 N–H and O–H groups in total. The predicted molar refractivity (Wildman–Crippen MR) is 107 cm³/mol. The van der Waals surface area contributed by atoms with E-state index in [-0.39, 0.29) is 30.3 Å². The van der Waals surface area contributed by atoms with Gasteiger partial charge in [-0.2, -0.15) is 0 Å². The first-order valence-corrected chi connectivity index (χ1v) is 9.54. The van der Waals surface area contributed by atoms with Gasteiger partial charge in [-0.15, -0.1) is 0 Å². The van der Waals surface area contributed by atoms with Gasteiger partial charge in [0.2, 0.25) is 0 Å². The maximum absolute atomic E-state index is 12.1. The van der Waals surface area contributed by atoms with Gasteiger partial charge in [0.15, 0.2) is 0 Å². The molecule has 0 amide bonds. The van der Waals surface area contributed by atoms with Gasteiger partial charge in [-0.3, -0.25) is 9.79 Å². The van der Waals surface area contributed by atoms with Gasteiger partial charge < -0.3 is 19.3 Å². The third-order valence-electron chi connectivity index (χ3n) is 3.58. The lowest BCUT2D eigenvalue weighted by Crippen LogP contribution is -2.11. The molecule has 0 aliphatic rings. The number of aliphatic hydroxyl groups excluding tert-OH is 1. The van der Waals surface area contributed by atoms with Crippen molar-refractivity contribution in [3.8, 4) is 5.75 Å². The van der Waals surface area contributed by atoms with Crippen molar-refractivity contribution in [3.05, 3.63) is 35.6 Å². The summed E-state index contributed by atoms with van der Waals surface area (Å²) in [6.07, 6.45) is 3.13. The Bertz CT molecular complexity index is 696. The van der Waals surface area contributed by atoms with E-state index < -0.39 is 5.97 Å². The lowest BCUT2D eigenvalue weighted by molar-refractivity contribution is -0.143. The monoisotopic (exact) mass is 391 g/mol. The summed E-state index contributed by atoms with van der Waals surface area (Å²) in [5.74, 6) is -0.420. The Morgan fingerprint density at radius 1 is 1.07 bits per heavy atom. The summed E-state index contributed by atoms with van der Waals surface area (Å²) in [7, 11) is 0. The lowest BCUT2D eigenvalue weighted by atomic mass is 10.1. The molecule has 0 bridgehead atoms. The van der Waals surface area contributed by atoms with E-state index in [2.05, 4.69) is 4.99 Å². The summed E-state index contributed by atoms with van der Waals surface area (Å²) in [6.45, 7) is 6.25. The van der Waals surface area contributed by atoms with Crippen LogP contribution in [0.25, 0.3) is 0 Å². The highest BCUT2D eigenvalue weighted by Gasteiger charge is 2.14. The van der Waals surface area contributed by atoms with Crippen molar-refractivity contribution in [2.45, 2.75) is 46.5 Å². The van der Waals surface area contributed by atoms with Gasteiger partial charge in [0, 0.05) is 19.1 Å². The van der Waals surface area contributed by atoms with Gasteiger partial charge in [0.05, 0.1) is 19.8 Å². The molecule has 0 aliphatic carbocycles. The Morgan fingerprint density at radius 3 is 2.46 bits per heavy atom. The van der Waals surface area contributed by atoms with Crippen LogP contribution in [0.1, 0.15) is 46.5 Å². The minimum atomic E-state index is -0.620. The van der Waals surface area contributed by atoms with Gasteiger partial charge in [-0.25, -0.2) is 4.79 Å². The molecule has 0 atom stereocenters. The highest BCUT2D eigenvalue weighted by atomic mass is 16.5. The van der Waals surface area contributed by atoms with E-state index in [1.807, 2.05) is 6.92 Å². The number of aliphatic imine (C=N–C) groups is 1. The molecule has 154 valence electrons. The summed E-state index contributed by atoms with van der Waals surface area (Å²) in [6, 6.07) is 7.07. The van der Waals surface area contributed by atoms with Crippen LogP contribution in [-0.2, 0) is 19.1 Å². The summed E-state index contributed by atoms with van der Waals surface area (Å²) < 4.78 is 15.6. The van der Waals surface area contributed by atoms with Crippen molar-refractivity contribution in [3.63, 3.8) is 0 Å². The van der Waals surface area contributed by atoms with Crippen molar-refractivity contribution in [1.82, 2.24) is 0 Å². The number of ether oxygens (including phenoxy) is 3. The van der Waals surface area contributed by atoms with Crippen molar-refractivity contribution < 1.29 is 28.9 Å². The topological polar surface area (TPSA) is 94.4 Å². The number of esters is 2. The second-order valence-corrected chi connectivity index (χ2v) is 5.81. The van der Waals surface area contributed by atoms with E-state index in [1.54, 1.807) is 38.1 Å². The quantitative estimate of drug-likeness (QED) is 0.188. The molecular formula is C21H29NO6.